The lowest BCUT2D eigenvalue weighted by atomic mass is 9.43. The highest BCUT2D eigenvalue weighted by Crippen LogP contribution is 2.68. The summed E-state index contributed by atoms with van der Waals surface area (Å²) in [7, 11) is 1.49. The van der Waals surface area contributed by atoms with Crippen molar-refractivity contribution in [3.63, 3.8) is 0 Å². The fourth-order valence-corrected chi connectivity index (χ4v) is 10.1. The molecule has 6 heteroatoms. The van der Waals surface area contributed by atoms with Crippen molar-refractivity contribution >= 4 is 5.97 Å². The average Bonchev–Trinajstić information content (AvgIpc) is 3.26. The zero-order valence-corrected chi connectivity index (χ0v) is 25.0. The van der Waals surface area contributed by atoms with E-state index in [0.29, 0.717) is 58.8 Å². The number of rotatable bonds is 13. The molecule has 220 valence electrons. The Morgan fingerprint density at radius 1 is 1.00 bits per heavy atom. The lowest BCUT2D eigenvalue weighted by Crippen LogP contribution is -2.59. The summed E-state index contributed by atoms with van der Waals surface area (Å²) < 4.78 is 4.91. The third-order valence-corrected chi connectivity index (χ3v) is 12.2. The molecular formula is C32H59N3O3. The van der Waals surface area contributed by atoms with Crippen molar-refractivity contribution in [1.29, 1.82) is 0 Å². The minimum absolute atomic E-state index is 0.0815. The molecule has 5 N–H and O–H groups in total. The molecule has 0 saturated heterocycles. The number of esters is 1. The molecule has 0 aromatic carbocycles. The van der Waals surface area contributed by atoms with Crippen LogP contribution in [0.4, 0.5) is 0 Å². The van der Waals surface area contributed by atoms with Gasteiger partial charge in [0.25, 0.3) is 0 Å². The number of aliphatic hydroxyl groups excluding tert-OH is 1. The van der Waals surface area contributed by atoms with Crippen molar-refractivity contribution in [2.75, 3.05) is 33.3 Å². The highest BCUT2D eigenvalue weighted by molar-refractivity contribution is 5.69. The minimum atomic E-state index is -0.150. The van der Waals surface area contributed by atoms with Crippen LogP contribution in [0.25, 0.3) is 0 Å². The predicted molar refractivity (Wildman–Crippen MR) is 155 cm³/mol. The van der Waals surface area contributed by atoms with Gasteiger partial charge in [-0.05, 0) is 150 Å². The summed E-state index contributed by atoms with van der Waals surface area (Å²) in [5, 5.41) is 19.1. The van der Waals surface area contributed by atoms with Crippen LogP contribution in [-0.2, 0) is 9.53 Å². The van der Waals surface area contributed by atoms with Crippen LogP contribution in [0.5, 0.6) is 0 Å². The number of methoxy groups -OCH3 is 1. The summed E-state index contributed by atoms with van der Waals surface area (Å²) in [6.07, 6.45) is 14.7. The van der Waals surface area contributed by atoms with Crippen LogP contribution in [0.2, 0.25) is 0 Å². The van der Waals surface area contributed by atoms with Crippen LogP contribution in [0.3, 0.4) is 0 Å². The van der Waals surface area contributed by atoms with Crippen LogP contribution >= 0.6 is 0 Å². The van der Waals surface area contributed by atoms with Gasteiger partial charge in [0.2, 0.25) is 0 Å². The molecule has 4 fully saturated rings. The lowest BCUT2D eigenvalue weighted by molar-refractivity contribution is -0.167. The number of carbonyl (C=O) groups excluding carboxylic acids is 1. The van der Waals surface area contributed by atoms with E-state index in [1.807, 2.05) is 0 Å². The zero-order valence-electron chi connectivity index (χ0n) is 25.0. The number of aliphatic hydroxyl groups is 1. The van der Waals surface area contributed by atoms with Crippen molar-refractivity contribution < 1.29 is 14.6 Å². The zero-order chi connectivity index (χ0) is 27.3. The van der Waals surface area contributed by atoms with Gasteiger partial charge in [-0.2, -0.15) is 0 Å². The summed E-state index contributed by atoms with van der Waals surface area (Å²) in [5.74, 6) is 3.51. The first-order valence-electron chi connectivity index (χ1n) is 16.1. The fraction of sp³-hybridized carbons (Fsp3) is 0.969. The number of nitrogens with two attached hydrogens (primary N) is 1. The summed E-state index contributed by atoms with van der Waals surface area (Å²) in [6, 6.07) is 0.606. The molecule has 4 rings (SSSR count). The molecule has 6 nitrogen and oxygen atoms in total. The molecule has 0 aliphatic heterocycles. The molecule has 5 unspecified atom stereocenters. The monoisotopic (exact) mass is 533 g/mol. The van der Waals surface area contributed by atoms with E-state index in [0.717, 1.165) is 45.4 Å². The van der Waals surface area contributed by atoms with Crippen LogP contribution in [0.1, 0.15) is 104 Å². The highest BCUT2D eigenvalue weighted by atomic mass is 16.5. The molecule has 0 spiro atoms. The maximum Gasteiger partial charge on any atom is 0.305 e. The molecule has 4 saturated carbocycles. The van der Waals surface area contributed by atoms with Crippen molar-refractivity contribution in [2.24, 2.45) is 52.1 Å². The topological polar surface area (TPSA) is 96.6 Å². The molecule has 0 heterocycles. The van der Waals surface area contributed by atoms with Gasteiger partial charge < -0.3 is 26.2 Å². The number of fused-ring (bicyclic) bond motifs is 5. The second kappa shape index (κ2) is 13.3. The molecule has 0 amide bonds. The SMILES string of the molecule is COC(=O)CCC(C)[C@H]1CCC2C3C(O)C[C@H]4C[C@H](NCCCNCCCCN)CC[C@]4(C)C3CC[C@@]21C. The van der Waals surface area contributed by atoms with Crippen LogP contribution < -0.4 is 16.4 Å². The van der Waals surface area contributed by atoms with E-state index in [2.05, 4.69) is 31.4 Å². The number of hydrogen-bond acceptors (Lipinski definition) is 6. The Bertz CT molecular complexity index is 764. The fourth-order valence-electron chi connectivity index (χ4n) is 10.1. The molecule has 38 heavy (non-hydrogen) atoms. The summed E-state index contributed by atoms with van der Waals surface area (Å²) in [6.45, 7) is 11.5. The number of ether oxygens (including phenoxy) is 1. The van der Waals surface area contributed by atoms with E-state index >= 15 is 0 Å². The van der Waals surface area contributed by atoms with Crippen molar-refractivity contribution in [3.8, 4) is 0 Å². The van der Waals surface area contributed by atoms with Gasteiger partial charge in [-0.1, -0.05) is 20.8 Å². The number of unbranched alkanes of at least 4 members (excludes halogenated alkanes) is 1. The normalized spacial score (nSPS) is 41.2. The van der Waals surface area contributed by atoms with Crippen molar-refractivity contribution in [2.45, 2.75) is 116 Å². The second-order valence-corrected chi connectivity index (χ2v) is 14.1. The second-order valence-electron chi connectivity index (χ2n) is 14.1. The third kappa shape index (κ3) is 6.29. The quantitative estimate of drug-likeness (QED) is 0.199. The molecular weight excluding hydrogens is 474 g/mol. The predicted octanol–water partition coefficient (Wildman–Crippen LogP) is 4.88. The van der Waals surface area contributed by atoms with E-state index in [4.69, 9.17) is 10.5 Å². The molecule has 0 bridgehead atoms. The first-order valence-corrected chi connectivity index (χ1v) is 16.1. The van der Waals surface area contributed by atoms with Gasteiger partial charge in [0, 0.05) is 12.5 Å². The third-order valence-electron chi connectivity index (χ3n) is 12.2. The maximum absolute atomic E-state index is 11.8. The summed E-state index contributed by atoms with van der Waals surface area (Å²) >= 11 is 0. The first kappa shape index (κ1) is 30.3. The maximum atomic E-state index is 11.8. The Kier molecular flexibility index (Phi) is 10.6. The smallest absolute Gasteiger partial charge is 0.305 e. The van der Waals surface area contributed by atoms with Gasteiger partial charge >= 0.3 is 5.97 Å². The van der Waals surface area contributed by atoms with Crippen LogP contribution in [0.15, 0.2) is 0 Å². The lowest BCUT2D eigenvalue weighted by Gasteiger charge is -2.62. The number of nitrogens with one attached hydrogen (secondary N) is 2. The molecule has 4 aliphatic rings. The van der Waals surface area contributed by atoms with Crippen molar-refractivity contribution in [1.82, 2.24) is 10.6 Å². The van der Waals surface area contributed by atoms with Gasteiger partial charge in [0.1, 0.15) is 0 Å². The largest absolute Gasteiger partial charge is 0.469 e. The van der Waals surface area contributed by atoms with E-state index in [1.54, 1.807) is 0 Å². The highest BCUT2D eigenvalue weighted by Gasteiger charge is 2.62. The van der Waals surface area contributed by atoms with E-state index in [1.165, 1.54) is 64.9 Å². The summed E-state index contributed by atoms with van der Waals surface area (Å²) in [5.41, 5.74) is 6.26. The molecule has 0 radical (unpaired) electrons. The molecule has 10 atom stereocenters. The van der Waals surface area contributed by atoms with Crippen LogP contribution in [-0.4, -0.2) is 56.5 Å². The van der Waals surface area contributed by atoms with E-state index in [-0.39, 0.29) is 12.1 Å². The Morgan fingerprint density at radius 2 is 1.74 bits per heavy atom. The van der Waals surface area contributed by atoms with Gasteiger partial charge in [-0.3, -0.25) is 4.79 Å². The van der Waals surface area contributed by atoms with E-state index in [9.17, 15) is 9.90 Å². The number of hydrogen-bond donors (Lipinski definition) is 4. The first-order chi connectivity index (χ1) is 18.2. The molecule has 4 aliphatic carbocycles. The van der Waals surface area contributed by atoms with Gasteiger partial charge in [-0.25, -0.2) is 0 Å². The average molecular weight is 534 g/mol. The Morgan fingerprint density at radius 3 is 2.50 bits per heavy atom. The Balaban J connectivity index is 1.31. The van der Waals surface area contributed by atoms with Gasteiger partial charge in [-0.15, -0.1) is 0 Å². The van der Waals surface area contributed by atoms with E-state index < -0.39 is 0 Å². The minimum Gasteiger partial charge on any atom is -0.469 e. The van der Waals surface area contributed by atoms with Gasteiger partial charge in [0.15, 0.2) is 0 Å². The number of carbonyl (C=O) groups is 1. The van der Waals surface area contributed by atoms with Crippen molar-refractivity contribution in [3.05, 3.63) is 0 Å². The molecule has 0 aromatic heterocycles. The Labute approximate surface area is 233 Å². The van der Waals surface area contributed by atoms with Crippen LogP contribution in [0, 0.1) is 46.3 Å². The molecule has 0 aromatic rings. The summed E-state index contributed by atoms with van der Waals surface area (Å²) in [4.78, 5) is 11.8. The van der Waals surface area contributed by atoms with Gasteiger partial charge in [0.05, 0.1) is 13.2 Å². The standard InChI is InChI=1S/C32H59N3O3/c1-22(8-11-29(37)38-4)25-9-10-26-30-27(13-15-32(25,26)3)31(2)14-12-24(20-23(31)21-28(30)36)35-19-7-18-34-17-6-5-16-33/h22-28,30,34-36H,5-21,33H2,1-4H3/t22?,23-,24-,25-,26?,27?,28?,30?,31+,32-/m1/s1. The Hall–Kier alpha value is -0.690.